The molecule has 106 valence electrons. The normalized spacial score (nSPS) is 10.8. The summed E-state index contributed by atoms with van der Waals surface area (Å²) in [5.41, 5.74) is 0.754. The highest BCUT2D eigenvalue weighted by Crippen LogP contribution is 2.22. The summed E-state index contributed by atoms with van der Waals surface area (Å²) in [5.74, 6) is -0.178. The number of nitrogens with zero attached hydrogens (tertiary/aromatic N) is 2. The fourth-order valence-electron chi connectivity index (χ4n) is 2.14. The van der Waals surface area contributed by atoms with Crippen LogP contribution in [0.2, 0.25) is 10.0 Å². The average Bonchev–Trinajstić information content (AvgIpc) is 2.73. The minimum Gasteiger partial charge on any atom is -0.493 e. The topological polar surface area (TPSA) is 47.2 Å². The van der Waals surface area contributed by atoms with E-state index >= 15 is 0 Å². The minimum absolute atomic E-state index is 0.178. The van der Waals surface area contributed by atoms with E-state index in [9.17, 15) is 9.90 Å². The van der Waals surface area contributed by atoms with Crippen molar-refractivity contribution in [2.24, 2.45) is 0 Å². The molecule has 0 atom stereocenters. The highest BCUT2D eigenvalue weighted by Gasteiger charge is 2.14. The summed E-state index contributed by atoms with van der Waals surface area (Å²) in [5, 5.41) is 11.1. The number of halogens is 2. The monoisotopic (exact) mass is 320 g/mol. The molecule has 0 spiro atoms. The van der Waals surface area contributed by atoms with E-state index in [1.807, 2.05) is 0 Å². The summed E-state index contributed by atoms with van der Waals surface area (Å²) in [4.78, 5) is 12.1. The first-order valence-electron chi connectivity index (χ1n) is 6.12. The van der Waals surface area contributed by atoms with Gasteiger partial charge in [0.15, 0.2) is 0 Å². The van der Waals surface area contributed by atoms with Gasteiger partial charge < -0.3 is 5.11 Å². The number of aromatic hydroxyl groups is 1. The molecule has 0 bridgehead atoms. The van der Waals surface area contributed by atoms with E-state index in [0.717, 1.165) is 6.07 Å². The summed E-state index contributed by atoms with van der Waals surface area (Å²) in [7, 11) is 0. The van der Waals surface area contributed by atoms with Gasteiger partial charge in [-0.25, -0.2) is 9.36 Å². The Labute approximate surface area is 130 Å². The van der Waals surface area contributed by atoms with Crippen LogP contribution in [0.4, 0.5) is 0 Å². The van der Waals surface area contributed by atoms with E-state index in [1.54, 1.807) is 48.5 Å². The largest absolute Gasteiger partial charge is 0.493 e. The second-order valence-electron chi connectivity index (χ2n) is 4.42. The summed E-state index contributed by atoms with van der Waals surface area (Å²) in [6.07, 6.45) is 0. The van der Waals surface area contributed by atoms with Crippen LogP contribution < -0.4 is 5.56 Å². The van der Waals surface area contributed by atoms with Gasteiger partial charge in [0.05, 0.1) is 17.4 Å². The van der Waals surface area contributed by atoms with Crippen molar-refractivity contribution < 1.29 is 5.11 Å². The fraction of sp³-hybridized carbons (Fsp3) is 0. The number of aromatic nitrogens is 2. The first kappa shape index (κ1) is 13.8. The summed E-state index contributed by atoms with van der Waals surface area (Å²) in [6, 6.07) is 14.8. The fourth-order valence-corrected chi connectivity index (χ4v) is 2.51. The second kappa shape index (κ2) is 5.31. The molecule has 1 aromatic heterocycles. The lowest BCUT2D eigenvalue weighted by Crippen LogP contribution is -2.19. The molecule has 0 fully saturated rings. The van der Waals surface area contributed by atoms with E-state index in [1.165, 1.54) is 9.36 Å². The van der Waals surface area contributed by atoms with Gasteiger partial charge >= 0.3 is 0 Å². The van der Waals surface area contributed by atoms with Gasteiger partial charge in [0.2, 0.25) is 5.88 Å². The van der Waals surface area contributed by atoms with Gasteiger partial charge in [-0.1, -0.05) is 35.3 Å². The molecule has 4 nitrogen and oxygen atoms in total. The van der Waals surface area contributed by atoms with Crippen LogP contribution in [0.1, 0.15) is 0 Å². The van der Waals surface area contributed by atoms with Crippen molar-refractivity contribution in [3.8, 4) is 17.3 Å². The van der Waals surface area contributed by atoms with Crippen molar-refractivity contribution >= 4 is 23.2 Å². The molecule has 0 saturated heterocycles. The Morgan fingerprint density at radius 3 is 1.86 bits per heavy atom. The zero-order chi connectivity index (χ0) is 15.0. The van der Waals surface area contributed by atoms with Gasteiger partial charge in [0, 0.05) is 10.0 Å². The lowest BCUT2D eigenvalue weighted by Gasteiger charge is -2.13. The van der Waals surface area contributed by atoms with Crippen LogP contribution in [0.15, 0.2) is 59.4 Å². The maximum atomic E-state index is 12.1. The van der Waals surface area contributed by atoms with Crippen molar-refractivity contribution in [3.05, 3.63) is 75.0 Å². The smallest absolute Gasteiger partial charge is 0.275 e. The van der Waals surface area contributed by atoms with Crippen LogP contribution in [0, 0.1) is 0 Å². The van der Waals surface area contributed by atoms with Crippen LogP contribution >= 0.6 is 23.2 Å². The number of rotatable bonds is 2. The van der Waals surface area contributed by atoms with Gasteiger partial charge in [-0.3, -0.25) is 4.79 Å². The highest BCUT2D eigenvalue weighted by atomic mass is 35.5. The zero-order valence-corrected chi connectivity index (χ0v) is 12.2. The van der Waals surface area contributed by atoms with Crippen molar-refractivity contribution in [2.75, 3.05) is 0 Å². The van der Waals surface area contributed by atoms with Crippen molar-refractivity contribution in [1.82, 2.24) is 9.36 Å². The lowest BCUT2D eigenvalue weighted by atomic mass is 10.3. The number of hydrogen-bond acceptors (Lipinski definition) is 2. The lowest BCUT2D eigenvalue weighted by molar-refractivity contribution is 0.425. The van der Waals surface area contributed by atoms with E-state index < -0.39 is 0 Å². The van der Waals surface area contributed by atoms with Crippen molar-refractivity contribution in [1.29, 1.82) is 0 Å². The summed E-state index contributed by atoms with van der Waals surface area (Å²) >= 11 is 11.9. The van der Waals surface area contributed by atoms with Crippen LogP contribution in [-0.4, -0.2) is 14.5 Å². The molecular formula is C15H10Cl2N2O2. The van der Waals surface area contributed by atoms with E-state index in [2.05, 4.69) is 0 Å². The molecular weight excluding hydrogens is 311 g/mol. The first-order chi connectivity index (χ1) is 10.1. The van der Waals surface area contributed by atoms with Crippen LogP contribution in [-0.2, 0) is 0 Å². The molecule has 2 aromatic carbocycles. The Morgan fingerprint density at radius 2 is 1.33 bits per heavy atom. The van der Waals surface area contributed by atoms with Crippen molar-refractivity contribution in [2.45, 2.75) is 0 Å². The van der Waals surface area contributed by atoms with Gasteiger partial charge in [0.1, 0.15) is 0 Å². The molecule has 0 aliphatic rings. The average molecular weight is 321 g/mol. The first-order valence-corrected chi connectivity index (χ1v) is 6.88. The molecule has 6 heteroatoms. The van der Waals surface area contributed by atoms with E-state index in [0.29, 0.717) is 21.4 Å². The van der Waals surface area contributed by atoms with E-state index in [-0.39, 0.29) is 11.4 Å². The predicted molar refractivity (Wildman–Crippen MR) is 83.1 cm³/mol. The Morgan fingerprint density at radius 1 is 0.810 bits per heavy atom. The molecule has 3 rings (SSSR count). The third-order valence-corrected chi connectivity index (χ3v) is 3.45. The predicted octanol–water partition coefficient (Wildman–Crippen LogP) is 3.64. The zero-order valence-electron chi connectivity index (χ0n) is 10.7. The van der Waals surface area contributed by atoms with Gasteiger partial charge in [-0.05, 0) is 36.4 Å². The molecule has 0 radical (unpaired) electrons. The van der Waals surface area contributed by atoms with Gasteiger partial charge in [0.25, 0.3) is 5.56 Å². The highest BCUT2D eigenvalue weighted by molar-refractivity contribution is 6.31. The molecule has 0 aliphatic carbocycles. The molecule has 0 unspecified atom stereocenters. The molecule has 1 heterocycles. The molecule has 0 aliphatic heterocycles. The van der Waals surface area contributed by atoms with Crippen LogP contribution in [0.5, 0.6) is 5.88 Å². The number of benzene rings is 2. The minimum atomic E-state index is -0.366. The van der Waals surface area contributed by atoms with Gasteiger partial charge in [-0.2, -0.15) is 0 Å². The van der Waals surface area contributed by atoms with Gasteiger partial charge in [-0.15, -0.1) is 0 Å². The Hall–Kier alpha value is -2.17. The summed E-state index contributed by atoms with van der Waals surface area (Å²) in [6.45, 7) is 0. The third kappa shape index (κ3) is 2.55. The molecule has 1 N–H and O–H groups in total. The summed E-state index contributed by atoms with van der Waals surface area (Å²) < 4.78 is 2.70. The molecule has 0 amide bonds. The maximum absolute atomic E-state index is 12.1. The molecule has 0 saturated carbocycles. The molecule has 3 aromatic rings. The molecule has 21 heavy (non-hydrogen) atoms. The van der Waals surface area contributed by atoms with E-state index in [4.69, 9.17) is 23.2 Å². The Bertz CT molecular complexity index is 868. The maximum Gasteiger partial charge on any atom is 0.275 e. The van der Waals surface area contributed by atoms with Crippen LogP contribution in [0.3, 0.4) is 0 Å². The quantitative estimate of drug-likeness (QED) is 0.783. The Kier molecular flexibility index (Phi) is 3.49. The Balaban J connectivity index is 2.30. The van der Waals surface area contributed by atoms with Crippen molar-refractivity contribution in [3.63, 3.8) is 0 Å². The third-order valence-electron chi connectivity index (χ3n) is 2.98. The SMILES string of the molecule is O=c1cc(O)n(-c2cccc(Cl)c2)n1-c1cccc(Cl)c1. The second-order valence-corrected chi connectivity index (χ2v) is 5.30. The standard InChI is InChI=1S/C15H10Cl2N2O2/c16-10-3-1-5-12(7-10)18-14(20)9-15(21)19(18)13-6-2-4-11(17)8-13/h1-9,20H. The van der Waals surface area contributed by atoms with Crippen LogP contribution in [0.25, 0.3) is 11.4 Å². The number of hydrogen-bond donors (Lipinski definition) is 1.